The van der Waals surface area contributed by atoms with Crippen LogP contribution in [-0.2, 0) is 9.59 Å². The van der Waals surface area contributed by atoms with Gasteiger partial charge in [0, 0.05) is 0 Å². The molecular weight excluding hydrogens is 290 g/mol. The van der Waals surface area contributed by atoms with Gasteiger partial charge in [0.05, 0.1) is 0 Å². The minimum absolute atomic E-state index is 0.341. The van der Waals surface area contributed by atoms with Gasteiger partial charge >= 0.3 is 5.97 Å². The van der Waals surface area contributed by atoms with Crippen molar-refractivity contribution in [2.75, 3.05) is 11.5 Å². The molecule has 6 heteroatoms. The zero-order valence-electron chi connectivity index (χ0n) is 12.0. The molecule has 1 aromatic rings. The van der Waals surface area contributed by atoms with E-state index in [9.17, 15) is 14.7 Å². The van der Waals surface area contributed by atoms with Gasteiger partial charge in [-0.05, 0) is 29.9 Å². The van der Waals surface area contributed by atoms with Crippen LogP contribution < -0.4 is 5.32 Å². The molecule has 3 N–H and O–H groups in total. The maximum absolute atomic E-state index is 11.9. The normalized spacial score (nSPS) is 13.4. The summed E-state index contributed by atoms with van der Waals surface area (Å²) in [6.07, 6.45) is 0.0192. The Labute approximate surface area is 128 Å². The third-order valence-electron chi connectivity index (χ3n) is 2.88. The van der Waals surface area contributed by atoms with Crippen molar-refractivity contribution in [3.63, 3.8) is 0 Å². The SMILES string of the molecule is CCCSCCC(NC(=O)C(O)c1ccccc1)C(=O)O. The van der Waals surface area contributed by atoms with Gasteiger partial charge in [-0.1, -0.05) is 37.3 Å². The van der Waals surface area contributed by atoms with Crippen molar-refractivity contribution in [1.29, 1.82) is 0 Å². The molecule has 0 spiro atoms. The maximum Gasteiger partial charge on any atom is 0.326 e. The summed E-state index contributed by atoms with van der Waals surface area (Å²) in [4.78, 5) is 23.1. The number of hydrogen-bond donors (Lipinski definition) is 3. The second-order valence-electron chi connectivity index (χ2n) is 4.61. The van der Waals surface area contributed by atoms with Crippen LogP contribution in [0, 0.1) is 0 Å². The molecule has 2 atom stereocenters. The highest BCUT2D eigenvalue weighted by atomic mass is 32.2. The molecule has 0 fully saturated rings. The summed E-state index contributed by atoms with van der Waals surface area (Å²) < 4.78 is 0. The summed E-state index contributed by atoms with van der Waals surface area (Å²) in [5, 5.41) is 21.4. The molecule has 0 saturated carbocycles. The number of hydrogen-bond acceptors (Lipinski definition) is 4. The fourth-order valence-corrected chi connectivity index (χ4v) is 2.64. The fourth-order valence-electron chi connectivity index (χ4n) is 1.74. The summed E-state index contributed by atoms with van der Waals surface area (Å²) in [7, 11) is 0. The summed E-state index contributed by atoms with van der Waals surface area (Å²) >= 11 is 1.65. The lowest BCUT2D eigenvalue weighted by Gasteiger charge is -2.17. The largest absolute Gasteiger partial charge is 0.480 e. The number of benzene rings is 1. The lowest BCUT2D eigenvalue weighted by Crippen LogP contribution is -2.43. The van der Waals surface area contributed by atoms with E-state index in [1.165, 1.54) is 0 Å². The molecule has 116 valence electrons. The van der Waals surface area contributed by atoms with E-state index in [4.69, 9.17) is 5.11 Å². The first-order valence-corrected chi connectivity index (χ1v) is 8.05. The maximum atomic E-state index is 11.9. The lowest BCUT2D eigenvalue weighted by molar-refractivity contribution is -0.143. The van der Waals surface area contributed by atoms with Crippen LogP contribution in [0.25, 0.3) is 0 Å². The molecule has 1 aromatic carbocycles. The molecule has 1 rings (SSSR count). The van der Waals surface area contributed by atoms with E-state index < -0.39 is 24.0 Å². The van der Waals surface area contributed by atoms with Crippen LogP contribution in [-0.4, -0.2) is 39.6 Å². The molecule has 5 nitrogen and oxygen atoms in total. The van der Waals surface area contributed by atoms with Crippen molar-refractivity contribution in [2.24, 2.45) is 0 Å². The Hall–Kier alpha value is -1.53. The molecule has 21 heavy (non-hydrogen) atoms. The minimum atomic E-state index is -1.35. The van der Waals surface area contributed by atoms with E-state index in [1.54, 1.807) is 42.1 Å². The molecule has 1 amide bonds. The molecule has 0 heterocycles. The lowest BCUT2D eigenvalue weighted by atomic mass is 10.1. The van der Waals surface area contributed by atoms with Gasteiger partial charge in [0.25, 0.3) is 5.91 Å². The number of carbonyl (C=O) groups is 2. The number of nitrogens with one attached hydrogen (secondary N) is 1. The van der Waals surface area contributed by atoms with Gasteiger partial charge in [0.15, 0.2) is 6.10 Å². The topological polar surface area (TPSA) is 86.6 Å². The molecule has 0 aliphatic rings. The number of thioether (sulfide) groups is 1. The molecule has 0 radical (unpaired) electrons. The van der Waals surface area contributed by atoms with E-state index in [-0.39, 0.29) is 0 Å². The van der Waals surface area contributed by atoms with Crippen LogP contribution in [0.4, 0.5) is 0 Å². The average molecular weight is 311 g/mol. The Bertz CT molecular complexity index is 452. The van der Waals surface area contributed by atoms with Crippen LogP contribution in [0.5, 0.6) is 0 Å². The van der Waals surface area contributed by atoms with Gasteiger partial charge in [0.1, 0.15) is 6.04 Å². The van der Waals surface area contributed by atoms with E-state index >= 15 is 0 Å². The van der Waals surface area contributed by atoms with Gasteiger partial charge in [-0.3, -0.25) is 4.79 Å². The average Bonchev–Trinajstić information content (AvgIpc) is 2.50. The second-order valence-corrected chi connectivity index (χ2v) is 5.84. The smallest absolute Gasteiger partial charge is 0.326 e. The van der Waals surface area contributed by atoms with Crippen molar-refractivity contribution in [3.05, 3.63) is 35.9 Å². The number of aliphatic hydroxyl groups excluding tert-OH is 1. The Balaban J connectivity index is 2.54. The molecule has 2 unspecified atom stereocenters. The van der Waals surface area contributed by atoms with Gasteiger partial charge in [0.2, 0.25) is 0 Å². The summed E-state index contributed by atoms with van der Waals surface area (Å²) in [5.74, 6) is -0.144. The Morgan fingerprint density at radius 3 is 2.48 bits per heavy atom. The highest BCUT2D eigenvalue weighted by Gasteiger charge is 2.24. The van der Waals surface area contributed by atoms with Gasteiger partial charge in [-0.2, -0.15) is 11.8 Å². The first-order valence-electron chi connectivity index (χ1n) is 6.90. The number of carbonyl (C=O) groups excluding carboxylic acids is 1. The quantitative estimate of drug-likeness (QED) is 0.606. The van der Waals surface area contributed by atoms with Crippen molar-refractivity contribution in [3.8, 4) is 0 Å². The highest BCUT2D eigenvalue weighted by molar-refractivity contribution is 7.99. The van der Waals surface area contributed by atoms with E-state index in [0.717, 1.165) is 12.2 Å². The molecule has 0 saturated heterocycles. The predicted octanol–water partition coefficient (Wildman–Crippen LogP) is 1.82. The summed E-state index contributed by atoms with van der Waals surface area (Å²) in [5.41, 5.74) is 0.444. The van der Waals surface area contributed by atoms with E-state index in [0.29, 0.717) is 17.7 Å². The van der Waals surface area contributed by atoms with Crippen LogP contribution in [0.1, 0.15) is 31.4 Å². The Morgan fingerprint density at radius 1 is 1.24 bits per heavy atom. The Kier molecular flexibility index (Phi) is 7.85. The van der Waals surface area contributed by atoms with Gasteiger partial charge in [-0.15, -0.1) is 0 Å². The molecular formula is C15H21NO4S. The first kappa shape index (κ1) is 17.5. The molecule has 0 bridgehead atoms. The van der Waals surface area contributed by atoms with Gasteiger partial charge < -0.3 is 15.5 Å². The predicted molar refractivity (Wildman–Crippen MR) is 83.2 cm³/mol. The van der Waals surface area contributed by atoms with E-state index in [2.05, 4.69) is 12.2 Å². The van der Waals surface area contributed by atoms with Crippen LogP contribution in [0.3, 0.4) is 0 Å². The summed E-state index contributed by atoms with van der Waals surface area (Å²) in [6.45, 7) is 2.06. The number of carboxylic acids is 1. The number of aliphatic carboxylic acids is 1. The van der Waals surface area contributed by atoms with Crippen molar-refractivity contribution < 1.29 is 19.8 Å². The molecule has 0 aliphatic heterocycles. The third kappa shape index (κ3) is 6.18. The first-order chi connectivity index (χ1) is 10.1. The monoisotopic (exact) mass is 311 g/mol. The Morgan fingerprint density at radius 2 is 1.90 bits per heavy atom. The molecule has 0 aromatic heterocycles. The van der Waals surface area contributed by atoms with Crippen LogP contribution >= 0.6 is 11.8 Å². The second kappa shape index (κ2) is 9.41. The highest BCUT2D eigenvalue weighted by Crippen LogP contribution is 2.13. The standard InChI is InChI=1S/C15H21NO4S/c1-2-9-21-10-8-12(15(19)20)16-14(18)13(17)11-6-4-3-5-7-11/h3-7,12-13,17H,2,8-10H2,1H3,(H,16,18)(H,19,20). The summed E-state index contributed by atoms with van der Waals surface area (Å²) in [6, 6.07) is 7.47. The zero-order valence-corrected chi connectivity index (χ0v) is 12.8. The van der Waals surface area contributed by atoms with Gasteiger partial charge in [-0.25, -0.2) is 4.79 Å². The zero-order chi connectivity index (χ0) is 15.7. The fraction of sp³-hybridized carbons (Fsp3) is 0.467. The molecule has 0 aliphatic carbocycles. The van der Waals surface area contributed by atoms with Crippen molar-refractivity contribution in [2.45, 2.75) is 31.9 Å². The van der Waals surface area contributed by atoms with Crippen LogP contribution in [0.2, 0.25) is 0 Å². The number of rotatable bonds is 9. The third-order valence-corrected chi connectivity index (χ3v) is 4.10. The van der Waals surface area contributed by atoms with E-state index in [1.807, 2.05) is 0 Å². The van der Waals surface area contributed by atoms with Crippen molar-refractivity contribution >= 4 is 23.6 Å². The van der Waals surface area contributed by atoms with Crippen LogP contribution in [0.15, 0.2) is 30.3 Å². The number of aliphatic hydroxyl groups is 1. The van der Waals surface area contributed by atoms with Crippen molar-refractivity contribution in [1.82, 2.24) is 5.32 Å². The minimum Gasteiger partial charge on any atom is -0.480 e. The number of amides is 1. The number of carboxylic acid groups (broad SMARTS) is 1.